The van der Waals surface area contributed by atoms with E-state index in [-0.39, 0.29) is 0 Å². The fraction of sp³-hybridized carbons (Fsp3) is 0.222. The minimum atomic E-state index is -4.71. The fourth-order valence-corrected chi connectivity index (χ4v) is 3.03. The van der Waals surface area contributed by atoms with Crippen LogP contribution in [0.2, 0.25) is 0 Å². The number of benzene rings is 2. The van der Waals surface area contributed by atoms with Gasteiger partial charge in [0.2, 0.25) is 11.8 Å². The number of alkyl halides is 3. The van der Waals surface area contributed by atoms with Crippen molar-refractivity contribution in [2.45, 2.75) is 6.18 Å². The van der Waals surface area contributed by atoms with Gasteiger partial charge < -0.3 is 15.4 Å². The summed E-state index contributed by atoms with van der Waals surface area (Å²) in [6.07, 6.45) is -4.71. The molecule has 11 heteroatoms. The van der Waals surface area contributed by atoms with Crippen molar-refractivity contribution < 1.29 is 36.1 Å². The average molecular weight is 432 g/mol. The lowest BCUT2D eigenvalue weighted by Crippen LogP contribution is -2.26. The van der Waals surface area contributed by atoms with Gasteiger partial charge in [-0.15, -0.1) is 0 Å². The van der Waals surface area contributed by atoms with Crippen LogP contribution in [-0.4, -0.2) is 34.6 Å². The zero-order chi connectivity index (χ0) is 21.6. The van der Waals surface area contributed by atoms with Crippen LogP contribution in [-0.2, 0) is 26.6 Å². The SMILES string of the molecule is COc1ccc(NC(=O)CS(=O)CC(=O)Nc2cc(C(F)(F)F)ccc2F)cc1. The van der Waals surface area contributed by atoms with Crippen LogP contribution in [0.4, 0.5) is 28.9 Å². The van der Waals surface area contributed by atoms with E-state index in [0.29, 0.717) is 29.6 Å². The summed E-state index contributed by atoms with van der Waals surface area (Å²) in [5, 5.41) is 4.41. The zero-order valence-electron chi connectivity index (χ0n) is 15.0. The second kappa shape index (κ2) is 9.50. The first-order valence-electron chi connectivity index (χ1n) is 8.04. The smallest absolute Gasteiger partial charge is 0.416 e. The molecule has 0 spiro atoms. The van der Waals surface area contributed by atoms with Crippen LogP contribution >= 0.6 is 0 Å². The van der Waals surface area contributed by atoms with E-state index in [0.717, 1.165) is 0 Å². The van der Waals surface area contributed by atoms with Gasteiger partial charge in [0.25, 0.3) is 0 Å². The Labute approximate surface area is 165 Å². The van der Waals surface area contributed by atoms with E-state index in [9.17, 15) is 31.4 Å². The van der Waals surface area contributed by atoms with Crippen molar-refractivity contribution in [1.29, 1.82) is 0 Å². The van der Waals surface area contributed by atoms with Gasteiger partial charge in [-0.25, -0.2) is 4.39 Å². The largest absolute Gasteiger partial charge is 0.497 e. The predicted molar refractivity (Wildman–Crippen MR) is 99.5 cm³/mol. The number of hydrogen-bond donors (Lipinski definition) is 2. The Balaban J connectivity index is 1.90. The average Bonchev–Trinajstić information content (AvgIpc) is 2.62. The molecule has 0 saturated heterocycles. The Morgan fingerprint density at radius 3 is 2.14 bits per heavy atom. The van der Waals surface area contributed by atoms with E-state index >= 15 is 0 Å². The number of methoxy groups -OCH3 is 1. The molecule has 2 rings (SSSR count). The highest BCUT2D eigenvalue weighted by Crippen LogP contribution is 2.31. The van der Waals surface area contributed by atoms with Gasteiger partial charge in [-0.1, -0.05) is 0 Å². The third-order valence-electron chi connectivity index (χ3n) is 3.53. The monoisotopic (exact) mass is 432 g/mol. The van der Waals surface area contributed by atoms with Gasteiger partial charge in [0.1, 0.15) is 23.1 Å². The number of halogens is 4. The van der Waals surface area contributed by atoms with E-state index in [2.05, 4.69) is 5.32 Å². The summed E-state index contributed by atoms with van der Waals surface area (Å²) in [5.74, 6) is -3.33. The second-order valence-electron chi connectivity index (χ2n) is 5.75. The molecule has 0 aliphatic carbocycles. The summed E-state index contributed by atoms with van der Waals surface area (Å²) < 4.78 is 68.6. The van der Waals surface area contributed by atoms with Crippen molar-refractivity contribution in [3.63, 3.8) is 0 Å². The molecule has 0 aromatic heterocycles. The number of ether oxygens (including phenoxy) is 1. The summed E-state index contributed by atoms with van der Waals surface area (Å²) in [7, 11) is -0.477. The Hall–Kier alpha value is -2.95. The molecule has 2 amide bonds. The van der Waals surface area contributed by atoms with Gasteiger partial charge >= 0.3 is 6.18 Å². The normalized spacial score (nSPS) is 12.2. The summed E-state index contributed by atoms with van der Waals surface area (Å²) in [6, 6.07) is 7.86. The van der Waals surface area contributed by atoms with Gasteiger partial charge in [-0.2, -0.15) is 13.2 Å². The number of carbonyl (C=O) groups excluding carboxylic acids is 2. The van der Waals surface area contributed by atoms with Crippen LogP contribution < -0.4 is 15.4 Å². The molecule has 2 N–H and O–H groups in total. The lowest BCUT2D eigenvalue weighted by atomic mass is 10.2. The minimum absolute atomic E-state index is 0.420. The Morgan fingerprint density at radius 2 is 1.59 bits per heavy atom. The second-order valence-corrected chi connectivity index (χ2v) is 7.20. The zero-order valence-corrected chi connectivity index (χ0v) is 15.8. The van der Waals surface area contributed by atoms with Crippen LogP contribution in [0.25, 0.3) is 0 Å². The van der Waals surface area contributed by atoms with Gasteiger partial charge in [0.05, 0.1) is 18.4 Å². The first-order valence-corrected chi connectivity index (χ1v) is 9.53. The molecule has 1 atom stereocenters. The number of anilines is 2. The highest BCUT2D eigenvalue weighted by molar-refractivity contribution is 7.86. The third kappa shape index (κ3) is 6.86. The molecular formula is C18H16F4N2O4S. The molecule has 2 aromatic rings. The van der Waals surface area contributed by atoms with Crippen molar-refractivity contribution in [3.8, 4) is 5.75 Å². The third-order valence-corrected chi connectivity index (χ3v) is 4.69. The maximum Gasteiger partial charge on any atom is 0.416 e. The first-order chi connectivity index (χ1) is 13.6. The van der Waals surface area contributed by atoms with E-state index < -0.39 is 57.4 Å². The van der Waals surface area contributed by atoms with Crippen molar-refractivity contribution >= 4 is 34.0 Å². The molecule has 29 heavy (non-hydrogen) atoms. The molecule has 2 aromatic carbocycles. The van der Waals surface area contributed by atoms with Gasteiger partial charge in [0, 0.05) is 16.5 Å². The lowest BCUT2D eigenvalue weighted by Gasteiger charge is -2.11. The molecular weight excluding hydrogens is 416 g/mol. The van der Waals surface area contributed by atoms with Crippen molar-refractivity contribution in [3.05, 3.63) is 53.8 Å². The highest BCUT2D eigenvalue weighted by Gasteiger charge is 2.31. The summed E-state index contributed by atoms with van der Waals surface area (Å²) in [4.78, 5) is 23.7. The van der Waals surface area contributed by atoms with Gasteiger partial charge in [-0.05, 0) is 42.5 Å². The summed E-state index contributed by atoms with van der Waals surface area (Å²) in [6.45, 7) is 0. The van der Waals surface area contributed by atoms with E-state index in [1.807, 2.05) is 5.32 Å². The van der Waals surface area contributed by atoms with E-state index in [1.54, 1.807) is 24.3 Å². The van der Waals surface area contributed by atoms with Crippen molar-refractivity contribution in [1.82, 2.24) is 0 Å². The molecule has 0 aliphatic heterocycles. The topological polar surface area (TPSA) is 84.5 Å². The number of hydrogen-bond acceptors (Lipinski definition) is 4. The van der Waals surface area contributed by atoms with Crippen molar-refractivity contribution in [2.24, 2.45) is 0 Å². The van der Waals surface area contributed by atoms with Crippen LogP contribution in [0.3, 0.4) is 0 Å². The number of rotatable bonds is 7. The van der Waals surface area contributed by atoms with Crippen LogP contribution in [0, 0.1) is 5.82 Å². The number of carbonyl (C=O) groups is 2. The molecule has 1 unspecified atom stereocenters. The number of amides is 2. The molecule has 0 heterocycles. The molecule has 0 radical (unpaired) electrons. The first kappa shape index (κ1) is 22.3. The predicted octanol–water partition coefficient (Wildman–Crippen LogP) is 3.18. The Kier molecular flexibility index (Phi) is 7.32. The maximum atomic E-state index is 13.6. The minimum Gasteiger partial charge on any atom is -0.497 e. The Morgan fingerprint density at radius 1 is 1.00 bits per heavy atom. The molecule has 0 fully saturated rings. The number of nitrogens with one attached hydrogen (secondary N) is 2. The molecule has 0 saturated carbocycles. The summed E-state index contributed by atoms with van der Waals surface area (Å²) in [5.41, 5.74) is -1.41. The lowest BCUT2D eigenvalue weighted by molar-refractivity contribution is -0.137. The van der Waals surface area contributed by atoms with Crippen molar-refractivity contribution in [2.75, 3.05) is 29.2 Å². The molecule has 0 aliphatic rings. The van der Waals surface area contributed by atoms with Gasteiger partial charge in [-0.3, -0.25) is 13.8 Å². The van der Waals surface area contributed by atoms with Crippen LogP contribution in [0.1, 0.15) is 5.56 Å². The van der Waals surface area contributed by atoms with Crippen LogP contribution in [0.15, 0.2) is 42.5 Å². The standard InChI is InChI=1S/C18H16F4N2O4S/c1-28-13-5-3-12(4-6-13)23-16(25)9-29(27)10-17(26)24-15-8-11(18(20,21)22)2-7-14(15)19/h2-8H,9-10H2,1H3,(H,23,25)(H,24,26). The van der Waals surface area contributed by atoms with Crippen LogP contribution in [0.5, 0.6) is 5.75 Å². The molecule has 0 bridgehead atoms. The summed E-state index contributed by atoms with van der Waals surface area (Å²) >= 11 is 0. The quantitative estimate of drug-likeness (QED) is 0.659. The Bertz CT molecular complexity index is 917. The van der Waals surface area contributed by atoms with E-state index in [1.165, 1.54) is 7.11 Å². The van der Waals surface area contributed by atoms with Gasteiger partial charge in [0.15, 0.2) is 0 Å². The van der Waals surface area contributed by atoms with E-state index in [4.69, 9.17) is 4.74 Å². The fourth-order valence-electron chi connectivity index (χ4n) is 2.20. The molecule has 6 nitrogen and oxygen atoms in total. The highest BCUT2D eigenvalue weighted by atomic mass is 32.2. The molecule has 156 valence electrons. The maximum absolute atomic E-state index is 13.6.